The third kappa shape index (κ3) is 1.87. The van der Waals surface area contributed by atoms with Gasteiger partial charge in [0.25, 0.3) is 0 Å². The van der Waals surface area contributed by atoms with E-state index in [0.29, 0.717) is 0 Å². The van der Waals surface area contributed by atoms with Gasteiger partial charge in [0, 0.05) is 19.1 Å². The van der Waals surface area contributed by atoms with Crippen LogP contribution in [0.1, 0.15) is 12.8 Å². The van der Waals surface area contributed by atoms with Crippen LogP contribution in [0.25, 0.3) is 0 Å². The topological polar surface area (TPSA) is 15.3 Å². The van der Waals surface area contributed by atoms with Gasteiger partial charge in [-0.2, -0.15) is 0 Å². The normalized spacial score (nSPS) is 25.2. The van der Waals surface area contributed by atoms with Crippen LogP contribution in [-0.4, -0.2) is 38.1 Å². The molecule has 2 fully saturated rings. The monoisotopic (exact) mass is 212 g/mol. The molecular formula is C8H18Cl2N2. The fourth-order valence-corrected chi connectivity index (χ4v) is 2.07. The van der Waals surface area contributed by atoms with Crippen molar-refractivity contribution < 1.29 is 0 Å². The molecule has 2 rings (SSSR count). The summed E-state index contributed by atoms with van der Waals surface area (Å²) in [5.74, 6) is 0. The first-order chi connectivity index (χ1) is 4.72. The number of nitrogens with one attached hydrogen (secondary N) is 1. The smallest absolute Gasteiger partial charge is 0.0102 e. The third-order valence-electron chi connectivity index (χ3n) is 3.07. The molecule has 1 N–H and O–H groups in total. The van der Waals surface area contributed by atoms with E-state index >= 15 is 0 Å². The van der Waals surface area contributed by atoms with E-state index in [9.17, 15) is 0 Å². The highest BCUT2D eigenvalue weighted by Gasteiger charge is 2.48. The maximum Gasteiger partial charge on any atom is 0.0102 e. The van der Waals surface area contributed by atoms with Crippen LogP contribution >= 0.6 is 24.8 Å². The molecule has 1 spiro atoms. The second-order valence-corrected chi connectivity index (χ2v) is 4.13. The maximum absolute atomic E-state index is 3.34. The van der Waals surface area contributed by atoms with Crippen molar-refractivity contribution >= 4 is 24.8 Å². The molecule has 1 saturated heterocycles. The summed E-state index contributed by atoms with van der Waals surface area (Å²) in [5, 5.41) is 3.34. The third-order valence-corrected chi connectivity index (χ3v) is 3.07. The minimum atomic E-state index is 0. The second kappa shape index (κ2) is 4.14. The predicted molar refractivity (Wildman–Crippen MR) is 56.5 cm³/mol. The van der Waals surface area contributed by atoms with Gasteiger partial charge in [0.05, 0.1) is 0 Å². The van der Waals surface area contributed by atoms with E-state index in [1.807, 2.05) is 0 Å². The van der Waals surface area contributed by atoms with Gasteiger partial charge in [-0.15, -0.1) is 24.8 Å². The second-order valence-electron chi connectivity index (χ2n) is 4.13. The van der Waals surface area contributed by atoms with Gasteiger partial charge >= 0.3 is 0 Å². The molecule has 74 valence electrons. The maximum atomic E-state index is 3.34. The van der Waals surface area contributed by atoms with Gasteiger partial charge in [0.2, 0.25) is 0 Å². The summed E-state index contributed by atoms with van der Waals surface area (Å²) in [5.41, 5.74) is 0.745. The molecule has 0 amide bonds. The van der Waals surface area contributed by atoms with Crippen LogP contribution in [0.15, 0.2) is 0 Å². The molecule has 0 radical (unpaired) electrons. The van der Waals surface area contributed by atoms with E-state index < -0.39 is 0 Å². The molecule has 0 aromatic rings. The first-order valence-corrected chi connectivity index (χ1v) is 4.09. The van der Waals surface area contributed by atoms with Crippen molar-refractivity contribution in [2.75, 3.05) is 27.2 Å². The van der Waals surface area contributed by atoms with E-state index in [1.165, 1.54) is 25.9 Å². The quantitative estimate of drug-likeness (QED) is 0.702. The molecule has 0 aromatic heterocycles. The minimum Gasteiger partial charge on any atom is -0.316 e. The molecule has 1 saturated carbocycles. The first-order valence-electron chi connectivity index (χ1n) is 4.09. The molecule has 0 atom stereocenters. The van der Waals surface area contributed by atoms with Crippen molar-refractivity contribution in [3.63, 3.8) is 0 Å². The Labute approximate surface area is 86.9 Å². The van der Waals surface area contributed by atoms with Crippen LogP contribution in [0.2, 0.25) is 0 Å². The molecule has 0 aromatic carbocycles. The molecule has 2 nitrogen and oxygen atoms in total. The lowest BCUT2D eigenvalue weighted by Gasteiger charge is -2.56. The summed E-state index contributed by atoms with van der Waals surface area (Å²) in [6.45, 7) is 2.55. The minimum absolute atomic E-state index is 0. The van der Waals surface area contributed by atoms with Crippen LogP contribution in [0, 0.1) is 5.41 Å². The van der Waals surface area contributed by atoms with E-state index in [-0.39, 0.29) is 24.8 Å². The number of rotatable bonds is 1. The van der Waals surface area contributed by atoms with Gasteiger partial charge in [-0.25, -0.2) is 0 Å². The summed E-state index contributed by atoms with van der Waals surface area (Å²) >= 11 is 0. The Hall–Kier alpha value is 0.500. The Morgan fingerprint density at radius 2 is 1.67 bits per heavy atom. The molecule has 1 aliphatic heterocycles. The number of hydrogen-bond donors (Lipinski definition) is 1. The van der Waals surface area contributed by atoms with Crippen molar-refractivity contribution in [1.82, 2.24) is 10.2 Å². The fourth-order valence-electron chi connectivity index (χ4n) is 2.07. The van der Waals surface area contributed by atoms with E-state index in [1.54, 1.807) is 0 Å². The lowest BCUT2D eigenvalue weighted by atomic mass is 9.61. The molecule has 2 aliphatic rings. The van der Waals surface area contributed by atoms with Crippen molar-refractivity contribution in [2.24, 2.45) is 5.41 Å². The average molecular weight is 213 g/mol. The van der Waals surface area contributed by atoms with Crippen LogP contribution in [-0.2, 0) is 0 Å². The zero-order valence-electron chi connectivity index (χ0n) is 7.67. The Morgan fingerprint density at radius 1 is 1.17 bits per heavy atom. The van der Waals surface area contributed by atoms with Gasteiger partial charge in [-0.1, -0.05) is 0 Å². The van der Waals surface area contributed by atoms with Crippen molar-refractivity contribution in [3.8, 4) is 0 Å². The van der Waals surface area contributed by atoms with Crippen molar-refractivity contribution in [1.29, 1.82) is 0 Å². The molecule has 0 bridgehead atoms. The van der Waals surface area contributed by atoms with Gasteiger partial charge in [-0.05, 0) is 32.4 Å². The molecule has 12 heavy (non-hydrogen) atoms. The highest BCUT2D eigenvalue weighted by atomic mass is 35.5. The Kier molecular flexibility index (Phi) is 4.31. The van der Waals surface area contributed by atoms with E-state index in [2.05, 4.69) is 24.3 Å². The van der Waals surface area contributed by atoms with E-state index in [0.717, 1.165) is 11.5 Å². The number of nitrogens with zero attached hydrogens (tertiary/aromatic N) is 1. The molecular weight excluding hydrogens is 195 g/mol. The number of halogens is 2. The Morgan fingerprint density at radius 3 is 1.92 bits per heavy atom. The highest BCUT2D eigenvalue weighted by molar-refractivity contribution is 5.85. The Bertz CT molecular complexity index is 138. The standard InChI is InChI=1S/C8H16N2.2ClH/c1-10(2)7-3-8(4-7)5-9-6-8;;/h7,9H,3-6H2,1-2H3;2*1H. The fraction of sp³-hybridized carbons (Fsp3) is 1.00. The van der Waals surface area contributed by atoms with Crippen LogP contribution in [0.5, 0.6) is 0 Å². The van der Waals surface area contributed by atoms with Gasteiger partial charge in [-0.3, -0.25) is 0 Å². The molecule has 4 heteroatoms. The molecule has 0 unspecified atom stereocenters. The molecule has 1 aliphatic carbocycles. The Balaban J connectivity index is 0.000000605. The van der Waals surface area contributed by atoms with Crippen LogP contribution in [0.3, 0.4) is 0 Å². The molecule has 1 heterocycles. The van der Waals surface area contributed by atoms with Gasteiger partial charge < -0.3 is 10.2 Å². The summed E-state index contributed by atoms with van der Waals surface area (Å²) in [6.07, 6.45) is 2.85. The average Bonchev–Trinajstić information content (AvgIpc) is 1.54. The lowest BCUT2D eigenvalue weighted by molar-refractivity contribution is -0.0176. The van der Waals surface area contributed by atoms with Gasteiger partial charge in [0.15, 0.2) is 0 Å². The first kappa shape index (κ1) is 12.5. The zero-order chi connectivity index (χ0) is 7.19. The predicted octanol–water partition coefficient (Wildman–Crippen LogP) is 1.14. The number of hydrogen-bond acceptors (Lipinski definition) is 2. The van der Waals surface area contributed by atoms with Gasteiger partial charge in [0.1, 0.15) is 0 Å². The van der Waals surface area contributed by atoms with E-state index in [4.69, 9.17) is 0 Å². The largest absolute Gasteiger partial charge is 0.316 e. The summed E-state index contributed by atoms with van der Waals surface area (Å²) in [6, 6.07) is 0.877. The lowest BCUT2D eigenvalue weighted by Crippen LogP contribution is -2.64. The van der Waals surface area contributed by atoms with Crippen LogP contribution in [0.4, 0.5) is 0 Å². The SMILES string of the molecule is CN(C)C1CC2(CNC2)C1.Cl.Cl. The highest BCUT2D eigenvalue weighted by Crippen LogP contribution is 2.45. The van der Waals surface area contributed by atoms with Crippen molar-refractivity contribution in [2.45, 2.75) is 18.9 Å². The zero-order valence-corrected chi connectivity index (χ0v) is 9.30. The van der Waals surface area contributed by atoms with Crippen molar-refractivity contribution in [3.05, 3.63) is 0 Å². The van der Waals surface area contributed by atoms with Crippen LogP contribution < -0.4 is 5.32 Å². The summed E-state index contributed by atoms with van der Waals surface area (Å²) in [4.78, 5) is 2.35. The summed E-state index contributed by atoms with van der Waals surface area (Å²) < 4.78 is 0. The summed E-state index contributed by atoms with van der Waals surface area (Å²) in [7, 11) is 4.37.